The molecule has 0 aliphatic heterocycles. The van der Waals surface area contributed by atoms with Gasteiger partial charge in [-0.05, 0) is 25.0 Å². The van der Waals surface area contributed by atoms with Gasteiger partial charge in [0.25, 0.3) is 0 Å². The van der Waals surface area contributed by atoms with E-state index in [4.69, 9.17) is 0 Å². The topological polar surface area (TPSA) is 65.8 Å². The second-order valence-corrected chi connectivity index (χ2v) is 5.24. The number of carbonyl (C=O) groups is 1. The third-order valence-electron chi connectivity index (χ3n) is 3.99. The third kappa shape index (κ3) is 2.01. The van der Waals surface area contributed by atoms with E-state index < -0.39 is 5.41 Å². The van der Waals surface area contributed by atoms with E-state index in [1.165, 1.54) is 0 Å². The quantitative estimate of drug-likeness (QED) is 0.906. The van der Waals surface area contributed by atoms with Gasteiger partial charge in [0, 0.05) is 11.6 Å². The van der Waals surface area contributed by atoms with Crippen LogP contribution in [-0.4, -0.2) is 10.9 Å². The summed E-state index contributed by atoms with van der Waals surface area (Å²) in [5.74, 6) is -0.198. The number of carbonyl (C=O) groups excluding carboxylic acids is 1. The predicted octanol–water partition coefficient (Wildman–Crippen LogP) is 3.26. The summed E-state index contributed by atoms with van der Waals surface area (Å²) in [4.78, 5) is 16.8. The maximum atomic E-state index is 12.5. The Morgan fingerprint density at radius 3 is 2.75 bits per heavy atom. The Balaban J connectivity index is 1.94. The molecular weight excluding hydrogens is 250 g/mol. The lowest BCUT2D eigenvalue weighted by Crippen LogP contribution is -2.32. The van der Waals surface area contributed by atoms with Gasteiger partial charge in [-0.25, -0.2) is 0 Å². The van der Waals surface area contributed by atoms with Crippen molar-refractivity contribution < 1.29 is 4.79 Å². The molecule has 0 atom stereocenters. The molecule has 0 saturated heterocycles. The molecule has 100 valence electrons. The summed E-state index contributed by atoms with van der Waals surface area (Å²) in [6.07, 6.45) is 4.87. The highest BCUT2D eigenvalue weighted by molar-refractivity contribution is 6.03. The van der Waals surface area contributed by atoms with E-state index in [9.17, 15) is 10.1 Å². The highest BCUT2D eigenvalue weighted by atomic mass is 16.2. The SMILES string of the molecule is N#CC1(C(=O)Nc2cccc3cccnc23)CCCC1. The molecule has 1 fully saturated rings. The van der Waals surface area contributed by atoms with Gasteiger partial charge in [-0.3, -0.25) is 9.78 Å². The van der Waals surface area contributed by atoms with E-state index in [0.29, 0.717) is 18.5 Å². The highest BCUT2D eigenvalue weighted by Gasteiger charge is 2.41. The summed E-state index contributed by atoms with van der Waals surface area (Å²) in [5, 5.41) is 13.2. The Hall–Kier alpha value is -2.41. The molecule has 4 heteroatoms. The van der Waals surface area contributed by atoms with Crippen LogP contribution >= 0.6 is 0 Å². The van der Waals surface area contributed by atoms with Crippen molar-refractivity contribution in [3.63, 3.8) is 0 Å². The number of nitrogens with zero attached hydrogens (tertiary/aromatic N) is 2. The van der Waals surface area contributed by atoms with Gasteiger partial charge in [0.2, 0.25) is 5.91 Å². The first-order valence-electron chi connectivity index (χ1n) is 6.82. The van der Waals surface area contributed by atoms with E-state index in [-0.39, 0.29) is 5.91 Å². The normalized spacial score (nSPS) is 16.8. The number of pyridine rings is 1. The van der Waals surface area contributed by atoms with Gasteiger partial charge in [-0.2, -0.15) is 5.26 Å². The summed E-state index contributed by atoms with van der Waals surface area (Å²) in [6, 6.07) is 11.7. The van der Waals surface area contributed by atoms with Crippen molar-refractivity contribution in [2.24, 2.45) is 5.41 Å². The smallest absolute Gasteiger partial charge is 0.244 e. The summed E-state index contributed by atoms with van der Waals surface area (Å²) in [6.45, 7) is 0. The Labute approximate surface area is 117 Å². The Kier molecular flexibility index (Phi) is 3.11. The molecule has 1 aromatic heterocycles. The van der Waals surface area contributed by atoms with Crippen molar-refractivity contribution in [1.29, 1.82) is 5.26 Å². The van der Waals surface area contributed by atoms with Crippen LogP contribution in [0.25, 0.3) is 10.9 Å². The lowest BCUT2D eigenvalue weighted by atomic mass is 9.87. The van der Waals surface area contributed by atoms with Crippen LogP contribution in [0.4, 0.5) is 5.69 Å². The number of amides is 1. The number of benzene rings is 1. The van der Waals surface area contributed by atoms with Crippen LogP contribution in [0, 0.1) is 16.7 Å². The fourth-order valence-corrected chi connectivity index (χ4v) is 2.82. The minimum absolute atomic E-state index is 0.198. The molecule has 0 spiro atoms. The number of nitrogens with one attached hydrogen (secondary N) is 1. The number of hydrogen-bond acceptors (Lipinski definition) is 3. The average Bonchev–Trinajstić information content (AvgIpc) is 2.98. The second kappa shape index (κ2) is 4.93. The van der Waals surface area contributed by atoms with Crippen LogP contribution in [0.2, 0.25) is 0 Å². The summed E-state index contributed by atoms with van der Waals surface area (Å²) < 4.78 is 0. The van der Waals surface area contributed by atoms with Gasteiger partial charge >= 0.3 is 0 Å². The van der Waals surface area contributed by atoms with E-state index in [1.54, 1.807) is 6.20 Å². The minimum Gasteiger partial charge on any atom is -0.323 e. The third-order valence-corrected chi connectivity index (χ3v) is 3.99. The van der Waals surface area contributed by atoms with Gasteiger partial charge in [0.15, 0.2) is 0 Å². The molecule has 1 aliphatic carbocycles. The average molecular weight is 265 g/mol. The highest BCUT2D eigenvalue weighted by Crippen LogP contribution is 2.38. The fourth-order valence-electron chi connectivity index (χ4n) is 2.82. The molecule has 0 radical (unpaired) electrons. The van der Waals surface area contributed by atoms with Gasteiger partial charge in [0.1, 0.15) is 5.41 Å². The number of anilines is 1. The van der Waals surface area contributed by atoms with Crippen molar-refractivity contribution in [2.75, 3.05) is 5.32 Å². The van der Waals surface area contributed by atoms with E-state index >= 15 is 0 Å². The number of rotatable bonds is 2. The number of nitriles is 1. The van der Waals surface area contributed by atoms with E-state index in [2.05, 4.69) is 16.4 Å². The van der Waals surface area contributed by atoms with E-state index in [0.717, 1.165) is 23.7 Å². The minimum atomic E-state index is -0.864. The Bertz CT molecular complexity index is 691. The van der Waals surface area contributed by atoms with Crippen LogP contribution in [0.15, 0.2) is 36.5 Å². The number of hydrogen-bond donors (Lipinski definition) is 1. The molecule has 4 nitrogen and oxygen atoms in total. The molecule has 1 aliphatic rings. The first kappa shape index (κ1) is 12.6. The molecule has 0 unspecified atom stereocenters. The molecule has 1 aromatic carbocycles. The monoisotopic (exact) mass is 265 g/mol. The maximum absolute atomic E-state index is 12.5. The van der Waals surface area contributed by atoms with Crippen molar-refractivity contribution in [3.05, 3.63) is 36.5 Å². The Morgan fingerprint density at radius 1 is 1.25 bits per heavy atom. The standard InChI is InChI=1S/C16H15N3O/c17-11-16(8-1-2-9-16)15(20)19-13-7-3-5-12-6-4-10-18-14(12)13/h3-7,10H,1-2,8-9H2,(H,19,20). The van der Waals surface area contributed by atoms with Crippen LogP contribution in [0.3, 0.4) is 0 Å². The zero-order valence-electron chi connectivity index (χ0n) is 11.1. The predicted molar refractivity (Wildman–Crippen MR) is 76.9 cm³/mol. The first-order chi connectivity index (χ1) is 9.75. The van der Waals surface area contributed by atoms with Crippen molar-refractivity contribution >= 4 is 22.5 Å². The van der Waals surface area contributed by atoms with Gasteiger partial charge in [-0.15, -0.1) is 0 Å². The van der Waals surface area contributed by atoms with Crippen LogP contribution in [-0.2, 0) is 4.79 Å². The largest absolute Gasteiger partial charge is 0.323 e. The zero-order chi connectivity index (χ0) is 14.0. The first-order valence-corrected chi connectivity index (χ1v) is 6.82. The van der Waals surface area contributed by atoms with Crippen LogP contribution < -0.4 is 5.32 Å². The molecule has 2 aromatic rings. The molecule has 1 saturated carbocycles. The maximum Gasteiger partial charge on any atom is 0.244 e. The second-order valence-electron chi connectivity index (χ2n) is 5.24. The molecular formula is C16H15N3O. The lowest BCUT2D eigenvalue weighted by Gasteiger charge is -2.19. The van der Waals surface area contributed by atoms with Crippen LogP contribution in [0.5, 0.6) is 0 Å². The number of fused-ring (bicyclic) bond motifs is 1. The van der Waals surface area contributed by atoms with Gasteiger partial charge in [-0.1, -0.05) is 31.0 Å². The zero-order valence-corrected chi connectivity index (χ0v) is 11.1. The summed E-state index contributed by atoms with van der Waals surface area (Å²) in [7, 11) is 0. The van der Waals surface area contributed by atoms with Gasteiger partial charge in [0.05, 0.1) is 17.3 Å². The summed E-state index contributed by atoms with van der Waals surface area (Å²) >= 11 is 0. The number of para-hydroxylation sites is 1. The van der Waals surface area contributed by atoms with E-state index in [1.807, 2.05) is 30.3 Å². The van der Waals surface area contributed by atoms with Gasteiger partial charge < -0.3 is 5.32 Å². The molecule has 1 heterocycles. The Morgan fingerprint density at radius 2 is 2.00 bits per heavy atom. The molecule has 3 rings (SSSR count). The fraction of sp³-hybridized carbons (Fsp3) is 0.312. The molecule has 1 amide bonds. The number of aromatic nitrogens is 1. The molecule has 20 heavy (non-hydrogen) atoms. The van der Waals surface area contributed by atoms with Crippen LogP contribution in [0.1, 0.15) is 25.7 Å². The van der Waals surface area contributed by atoms with Crippen molar-refractivity contribution in [2.45, 2.75) is 25.7 Å². The molecule has 1 N–H and O–H groups in total. The van der Waals surface area contributed by atoms with Crippen molar-refractivity contribution in [3.8, 4) is 6.07 Å². The summed E-state index contributed by atoms with van der Waals surface area (Å²) in [5.41, 5.74) is 0.570. The molecule has 0 bridgehead atoms. The van der Waals surface area contributed by atoms with Crippen molar-refractivity contribution in [1.82, 2.24) is 4.98 Å². The lowest BCUT2D eigenvalue weighted by molar-refractivity contribution is -0.122.